The van der Waals surface area contributed by atoms with Crippen molar-refractivity contribution in [3.05, 3.63) is 65.0 Å². The number of carbonyl (C=O) groups is 1. The second-order valence-electron chi connectivity index (χ2n) is 7.45. The number of nitrogens with two attached hydrogens (primary N) is 1. The molecular formula is C22H25ClN3O2+. The van der Waals surface area contributed by atoms with E-state index < -0.39 is 0 Å². The van der Waals surface area contributed by atoms with Crippen molar-refractivity contribution in [3.8, 4) is 0 Å². The van der Waals surface area contributed by atoms with Gasteiger partial charge in [0.05, 0.1) is 0 Å². The fraction of sp³-hybridized carbons (Fsp3) is 0.364. The zero-order valence-electron chi connectivity index (χ0n) is 16.0. The van der Waals surface area contributed by atoms with Crippen LogP contribution in [-0.4, -0.2) is 35.4 Å². The van der Waals surface area contributed by atoms with Crippen LogP contribution in [0.3, 0.4) is 0 Å². The van der Waals surface area contributed by atoms with Crippen LogP contribution in [0.15, 0.2) is 52.9 Å². The van der Waals surface area contributed by atoms with Gasteiger partial charge in [-0.15, -0.1) is 0 Å². The smallest absolute Gasteiger partial charge is 0.277 e. The number of hydrogen-bond donors (Lipinski definition) is 1. The van der Waals surface area contributed by atoms with Crippen LogP contribution in [0.25, 0.3) is 11.1 Å². The third kappa shape index (κ3) is 4.21. The number of fused-ring (bicyclic) bond motifs is 1. The van der Waals surface area contributed by atoms with E-state index in [2.05, 4.69) is 17.2 Å². The Labute approximate surface area is 169 Å². The predicted molar refractivity (Wildman–Crippen MR) is 109 cm³/mol. The summed E-state index contributed by atoms with van der Waals surface area (Å²) in [4.78, 5) is 19.2. The molecule has 28 heavy (non-hydrogen) atoms. The highest BCUT2D eigenvalue weighted by Gasteiger charge is 2.27. The lowest BCUT2D eigenvalue weighted by Crippen LogP contribution is -2.87. The molecule has 0 radical (unpaired) electrons. The number of benzene rings is 2. The standard InChI is InChI=1S/C22H24ClN3O2/c1-15(16-6-8-18(23)9-7-16)24-14-21(27)26-12-10-17(11-13-26)22-25-19-4-2-3-5-20(19)28-22/h2-9,15,17,24H,10-14H2,1H3/p+1/t15-/m1/s1. The fourth-order valence-electron chi connectivity index (χ4n) is 3.75. The number of nitrogens with zero attached hydrogens (tertiary/aromatic N) is 2. The van der Waals surface area contributed by atoms with Crippen LogP contribution >= 0.6 is 11.6 Å². The number of hydrogen-bond acceptors (Lipinski definition) is 3. The molecule has 0 spiro atoms. The van der Waals surface area contributed by atoms with Crippen molar-refractivity contribution >= 4 is 28.6 Å². The Kier molecular flexibility index (Phi) is 5.64. The molecule has 1 fully saturated rings. The monoisotopic (exact) mass is 398 g/mol. The Morgan fingerprint density at radius 3 is 2.64 bits per heavy atom. The third-order valence-corrected chi connectivity index (χ3v) is 5.80. The molecule has 1 aliphatic heterocycles. The van der Waals surface area contributed by atoms with E-state index in [9.17, 15) is 4.79 Å². The van der Waals surface area contributed by atoms with Crippen molar-refractivity contribution in [2.24, 2.45) is 0 Å². The van der Waals surface area contributed by atoms with Crippen LogP contribution in [-0.2, 0) is 4.79 Å². The highest BCUT2D eigenvalue weighted by molar-refractivity contribution is 6.30. The summed E-state index contributed by atoms with van der Waals surface area (Å²) in [5, 5.41) is 2.81. The van der Waals surface area contributed by atoms with Crippen LogP contribution in [0, 0.1) is 0 Å². The highest BCUT2D eigenvalue weighted by atomic mass is 35.5. The summed E-state index contributed by atoms with van der Waals surface area (Å²) in [5.74, 6) is 1.28. The Hall–Kier alpha value is -2.37. The average molecular weight is 399 g/mol. The normalized spacial score (nSPS) is 16.4. The van der Waals surface area contributed by atoms with Gasteiger partial charge in [-0.3, -0.25) is 4.79 Å². The van der Waals surface area contributed by atoms with E-state index in [0.29, 0.717) is 6.54 Å². The van der Waals surface area contributed by atoms with Gasteiger partial charge in [0.15, 0.2) is 18.0 Å². The SMILES string of the molecule is C[C@@H]([NH2+]CC(=O)N1CCC(c2nc3ccccc3o2)CC1)c1ccc(Cl)cc1. The van der Waals surface area contributed by atoms with Crippen LogP contribution in [0.5, 0.6) is 0 Å². The van der Waals surface area contributed by atoms with Crippen molar-refractivity contribution < 1.29 is 14.5 Å². The topological polar surface area (TPSA) is 63.0 Å². The molecule has 0 bridgehead atoms. The first-order valence-corrected chi connectivity index (χ1v) is 10.2. The fourth-order valence-corrected chi connectivity index (χ4v) is 3.88. The van der Waals surface area contributed by atoms with Crippen molar-refractivity contribution in [3.63, 3.8) is 0 Å². The van der Waals surface area contributed by atoms with Crippen LogP contribution in [0.2, 0.25) is 5.02 Å². The minimum absolute atomic E-state index is 0.192. The molecule has 2 N–H and O–H groups in total. The number of rotatable bonds is 5. The third-order valence-electron chi connectivity index (χ3n) is 5.55. The van der Waals surface area contributed by atoms with E-state index >= 15 is 0 Å². The van der Waals surface area contributed by atoms with Crippen LogP contribution < -0.4 is 5.32 Å². The Balaban J connectivity index is 1.28. The van der Waals surface area contributed by atoms with Crippen molar-refractivity contribution in [2.75, 3.05) is 19.6 Å². The van der Waals surface area contributed by atoms with E-state index in [1.807, 2.05) is 53.4 Å². The number of para-hydroxylation sites is 2. The molecule has 2 heterocycles. The zero-order chi connectivity index (χ0) is 19.5. The Bertz CT molecular complexity index is 913. The van der Waals surface area contributed by atoms with Gasteiger partial charge < -0.3 is 14.6 Å². The maximum absolute atomic E-state index is 12.6. The summed E-state index contributed by atoms with van der Waals surface area (Å²) in [7, 11) is 0. The zero-order valence-corrected chi connectivity index (χ0v) is 16.7. The minimum Gasteiger partial charge on any atom is -0.440 e. The second-order valence-corrected chi connectivity index (χ2v) is 7.89. The molecule has 6 heteroatoms. The number of quaternary nitrogens is 1. The van der Waals surface area contributed by atoms with Gasteiger partial charge in [-0.1, -0.05) is 35.9 Å². The number of amides is 1. The molecule has 0 unspecified atom stereocenters. The second kappa shape index (κ2) is 8.33. The largest absolute Gasteiger partial charge is 0.440 e. The van der Waals surface area contributed by atoms with Crippen molar-refractivity contribution in [2.45, 2.75) is 31.7 Å². The summed E-state index contributed by atoms with van der Waals surface area (Å²) in [5.41, 5.74) is 2.91. The first kappa shape index (κ1) is 19.0. The molecule has 0 saturated carbocycles. The highest BCUT2D eigenvalue weighted by Crippen LogP contribution is 2.29. The average Bonchev–Trinajstić information content (AvgIpc) is 3.16. The maximum atomic E-state index is 12.6. The number of piperidine rings is 1. The van der Waals surface area contributed by atoms with Gasteiger partial charge in [0.1, 0.15) is 11.6 Å². The summed E-state index contributed by atoms with van der Waals surface area (Å²) in [6.07, 6.45) is 1.79. The number of aromatic nitrogens is 1. The lowest BCUT2D eigenvalue weighted by atomic mass is 9.96. The van der Waals surface area contributed by atoms with Crippen molar-refractivity contribution in [1.29, 1.82) is 0 Å². The number of carbonyl (C=O) groups excluding carboxylic acids is 1. The van der Waals surface area contributed by atoms with Gasteiger partial charge in [-0.05, 0) is 44.0 Å². The first-order chi connectivity index (χ1) is 13.6. The summed E-state index contributed by atoms with van der Waals surface area (Å²) >= 11 is 5.94. The van der Waals surface area contributed by atoms with E-state index in [4.69, 9.17) is 16.0 Å². The van der Waals surface area contributed by atoms with E-state index in [1.54, 1.807) is 0 Å². The van der Waals surface area contributed by atoms with Gasteiger partial charge in [0.25, 0.3) is 5.91 Å². The van der Waals surface area contributed by atoms with Crippen LogP contribution in [0.1, 0.15) is 43.2 Å². The number of halogens is 1. The predicted octanol–water partition coefficient (Wildman–Crippen LogP) is 3.51. The van der Waals surface area contributed by atoms with E-state index in [1.165, 1.54) is 5.56 Å². The van der Waals surface area contributed by atoms with Gasteiger partial charge in [-0.2, -0.15) is 0 Å². The molecular weight excluding hydrogens is 374 g/mol. The van der Waals surface area contributed by atoms with E-state index in [-0.39, 0.29) is 17.9 Å². The lowest BCUT2D eigenvalue weighted by Gasteiger charge is -2.30. The molecule has 146 valence electrons. The van der Waals surface area contributed by atoms with Gasteiger partial charge >= 0.3 is 0 Å². The molecule has 0 aliphatic carbocycles. The molecule has 1 aliphatic rings. The minimum atomic E-state index is 0.192. The summed E-state index contributed by atoms with van der Waals surface area (Å²) in [6.45, 7) is 4.07. The molecule has 1 atom stereocenters. The van der Waals surface area contributed by atoms with Gasteiger partial charge in [0, 0.05) is 29.6 Å². The summed E-state index contributed by atoms with van der Waals surface area (Å²) in [6, 6.07) is 15.9. The summed E-state index contributed by atoms with van der Waals surface area (Å²) < 4.78 is 5.91. The lowest BCUT2D eigenvalue weighted by molar-refractivity contribution is -0.683. The molecule has 5 nitrogen and oxygen atoms in total. The van der Waals surface area contributed by atoms with Gasteiger partial charge in [-0.25, -0.2) is 4.98 Å². The Morgan fingerprint density at radius 1 is 1.21 bits per heavy atom. The molecule has 1 saturated heterocycles. The van der Waals surface area contributed by atoms with E-state index in [0.717, 1.165) is 47.9 Å². The number of oxazole rings is 1. The molecule has 4 rings (SSSR count). The maximum Gasteiger partial charge on any atom is 0.277 e. The van der Waals surface area contributed by atoms with Crippen LogP contribution in [0.4, 0.5) is 0 Å². The number of likely N-dealkylation sites (tertiary alicyclic amines) is 1. The van der Waals surface area contributed by atoms with Gasteiger partial charge in [0.2, 0.25) is 0 Å². The first-order valence-electron chi connectivity index (χ1n) is 9.82. The van der Waals surface area contributed by atoms with Crippen molar-refractivity contribution in [1.82, 2.24) is 9.88 Å². The molecule has 2 aromatic carbocycles. The molecule has 1 amide bonds. The molecule has 3 aromatic rings. The quantitative estimate of drug-likeness (QED) is 0.715. The molecule has 1 aromatic heterocycles. The Morgan fingerprint density at radius 2 is 1.93 bits per heavy atom.